The summed E-state index contributed by atoms with van der Waals surface area (Å²) in [6.45, 7) is 5.79. The normalized spacial score (nSPS) is 22.9. The van der Waals surface area contributed by atoms with Gasteiger partial charge in [-0.2, -0.15) is 0 Å². The Bertz CT molecular complexity index is 700. The maximum absolute atomic E-state index is 11.2. The van der Waals surface area contributed by atoms with Gasteiger partial charge in [-0.05, 0) is 38.3 Å². The van der Waals surface area contributed by atoms with Crippen LogP contribution < -0.4 is 10.6 Å². The standard InChI is InChI=1S/C17H24N6O/c24-10-13-8-19-16-15(13)17(21-11-20-16)22-14-2-5-23(6-3-14)9-12-1-4-18-7-12/h8,10-12,14,18H,1-7,9H2,(H2,19,20,21,22). The van der Waals surface area contributed by atoms with Crippen molar-refractivity contribution >= 4 is 23.1 Å². The van der Waals surface area contributed by atoms with Gasteiger partial charge in [-0.1, -0.05) is 0 Å². The van der Waals surface area contributed by atoms with Crippen LogP contribution in [-0.2, 0) is 0 Å². The molecule has 7 nitrogen and oxygen atoms in total. The van der Waals surface area contributed by atoms with E-state index in [2.05, 4.69) is 30.5 Å². The van der Waals surface area contributed by atoms with E-state index in [1.165, 1.54) is 32.4 Å². The summed E-state index contributed by atoms with van der Waals surface area (Å²) >= 11 is 0. The molecule has 0 aliphatic carbocycles. The Balaban J connectivity index is 1.38. The van der Waals surface area contributed by atoms with E-state index < -0.39 is 0 Å². The highest BCUT2D eigenvalue weighted by Gasteiger charge is 2.24. The number of fused-ring (bicyclic) bond motifs is 1. The molecule has 4 heterocycles. The predicted molar refractivity (Wildman–Crippen MR) is 93.3 cm³/mol. The van der Waals surface area contributed by atoms with Gasteiger partial charge in [0.25, 0.3) is 0 Å². The lowest BCUT2D eigenvalue weighted by atomic mass is 10.0. The molecule has 0 radical (unpaired) electrons. The molecule has 2 aromatic rings. The number of anilines is 1. The molecule has 2 aliphatic rings. The zero-order chi connectivity index (χ0) is 16.4. The average Bonchev–Trinajstić information content (AvgIpc) is 3.26. The van der Waals surface area contributed by atoms with Crippen LogP contribution in [0.4, 0.5) is 5.82 Å². The molecule has 0 spiro atoms. The van der Waals surface area contributed by atoms with E-state index in [4.69, 9.17) is 0 Å². The molecule has 3 N–H and O–H groups in total. The fourth-order valence-corrected chi connectivity index (χ4v) is 3.88. The number of carbonyl (C=O) groups excluding carboxylic acids is 1. The summed E-state index contributed by atoms with van der Waals surface area (Å²) in [6, 6.07) is 0.399. The van der Waals surface area contributed by atoms with E-state index >= 15 is 0 Å². The van der Waals surface area contributed by atoms with Gasteiger partial charge in [0.1, 0.15) is 17.8 Å². The average molecular weight is 328 g/mol. The molecule has 2 saturated heterocycles. The summed E-state index contributed by atoms with van der Waals surface area (Å²) in [7, 11) is 0. The minimum atomic E-state index is 0.399. The predicted octanol–water partition coefficient (Wildman–Crippen LogP) is 1.26. The summed E-state index contributed by atoms with van der Waals surface area (Å²) in [6.07, 6.45) is 7.59. The Morgan fingerprint density at radius 2 is 2.17 bits per heavy atom. The van der Waals surface area contributed by atoms with Crippen molar-refractivity contribution in [3.63, 3.8) is 0 Å². The van der Waals surface area contributed by atoms with E-state index in [1.807, 2.05) is 0 Å². The van der Waals surface area contributed by atoms with Crippen LogP contribution in [0.3, 0.4) is 0 Å². The number of aromatic nitrogens is 3. The zero-order valence-corrected chi connectivity index (χ0v) is 13.8. The van der Waals surface area contributed by atoms with E-state index in [0.29, 0.717) is 17.3 Å². The van der Waals surface area contributed by atoms with E-state index in [-0.39, 0.29) is 0 Å². The summed E-state index contributed by atoms with van der Waals surface area (Å²) in [5.41, 5.74) is 1.32. The van der Waals surface area contributed by atoms with E-state index in [1.54, 1.807) is 6.20 Å². The van der Waals surface area contributed by atoms with Crippen molar-refractivity contribution in [2.75, 3.05) is 38.0 Å². The minimum absolute atomic E-state index is 0.399. The van der Waals surface area contributed by atoms with Gasteiger partial charge in [-0.3, -0.25) is 4.79 Å². The van der Waals surface area contributed by atoms with Crippen molar-refractivity contribution in [3.8, 4) is 0 Å². The number of nitrogens with one attached hydrogen (secondary N) is 3. The largest absolute Gasteiger partial charge is 0.367 e. The van der Waals surface area contributed by atoms with E-state index in [9.17, 15) is 4.79 Å². The van der Waals surface area contributed by atoms with Crippen molar-refractivity contribution in [1.82, 2.24) is 25.2 Å². The number of aromatic amines is 1. The first-order valence-electron chi connectivity index (χ1n) is 8.80. The van der Waals surface area contributed by atoms with Crippen LogP contribution in [0.1, 0.15) is 29.6 Å². The summed E-state index contributed by atoms with van der Waals surface area (Å²) in [4.78, 5) is 25.4. The van der Waals surface area contributed by atoms with Crippen LogP contribution in [0.2, 0.25) is 0 Å². The minimum Gasteiger partial charge on any atom is -0.367 e. The van der Waals surface area contributed by atoms with Gasteiger partial charge < -0.3 is 20.5 Å². The molecule has 2 aliphatic heterocycles. The highest BCUT2D eigenvalue weighted by atomic mass is 16.1. The number of carbonyl (C=O) groups is 1. The third-order valence-electron chi connectivity index (χ3n) is 5.23. The zero-order valence-electron chi connectivity index (χ0n) is 13.8. The van der Waals surface area contributed by atoms with Crippen molar-refractivity contribution in [1.29, 1.82) is 0 Å². The number of hydrogen-bond donors (Lipinski definition) is 3. The number of H-pyrrole nitrogens is 1. The number of likely N-dealkylation sites (tertiary alicyclic amines) is 1. The third-order valence-corrected chi connectivity index (χ3v) is 5.23. The van der Waals surface area contributed by atoms with Crippen molar-refractivity contribution in [2.45, 2.75) is 25.3 Å². The van der Waals surface area contributed by atoms with Crippen LogP contribution >= 0.6 is 0 Å². The van der Waals surface area contributed by atoms with Crippen LogP contribution in [0.5, 0.6) is 0 Å². The number of nitrogens with zero attached hydrogens (tertiary/aromatic N) is 3. The molecule has 0 amide bonds. The molecule has 4 rings (SSSR count). The lowest BCUT2D eigenvalue weighted by molar-refractivity contribution is 0.112. The molecule has 0 aromatic carbocycles. The molecular formula is C17H24N6O. The molecule has 2 aromatic heterocycles. The second-order valence-electron chi connectivity index (χ2n) is 6.89. The Kier molecular flexibility index (Phi) is 4.44. The molecule has 0 bridgehead atoms. The van der Waals surface area contributed by atoms with Crippen LogP contribution in [-0.4, -0.2) is 64.9 Å². The molecule has 1 unspecified atom stereocenters. The molecule has 0 saturated carbocycles. The van der Waals surface area contributed by atoms with Crippen LogP contribution in [0.15, 0.2) is 12.5 Å². The van der Waals surface area contributed by atoms with Gasteiger partial charge in [0.2, 0.25) is 0 Å². The summed E-state index contributed by atoms with van der Waals surface area (Å²) in [5.74, 6) is 1.58. The number of rotatable bonds is 5. The first-order valence-corrected chi connectivity index (χ1v) is 8.80. The first-order chi connectivity index (χ1) is 11.8. The molecule has 7 heteroatoms. The Labute approximate surface area is 141 Å². The Morgan fingerprint density at radius 3 is 2.92 bits per heavy atom. The molecule has 2 fully saturated rings. The second kappa shape index (κ2) is 6.86. The number of hydrogen-bond acceptors (Lipinski definition) is 6. The topological polar surface area (TPSA) is 85.9 Å². The maximum atomic E-state index is 11.2. The fraction of sp³-hybridized carbons (Fsp3) is 0.588. The smallest absolute Gasteiger partial charge is 0.152 e. The highest BCUT2D eigenvalue weighted by Crippen LogP contribution is 2.25. The Hall–Kier alpha value is -1.99. The van der Waals surface area contributed by atoms with Crippen molar-refractivity contribution < 1.29 is 4.79 Å². The van der Waals surface area contributed by atoms with Gasteiger partial charge in [-0.25, -0.2) is 9.97 Å². The van der Waals surface area contributed by atoms with Gasteiger partial charge in [-0.15, -0.1) is 0 Å². The van der Waals surface area contributed by atoms with Gasteiger partial charge in [0.05, 0.1) is 5.39 Å². The maximum Gasteiger partial charge on any atom is 0.152 e. The number of piperidine rings is 1. The quantitative estimate of drug-likeness (QED) is 0.717. The highest BCUT2D eigenvalue weighted by molar-refractivity contribution is 6.01. The fourth-order valence-electron chi connectivity index (χ4n) is 3.88. The van der Waals surface area contributed by atoms with Crippen LogP contribution in [0.25, 0.3) is 11.0 Å². The van der Waals surface area contributed by atoms with Crippen LogP contribution in [0, 0.1) is 5.92 Å². The van der Waals surface area contributed by atoms with Gasteiger partial charge >= 0.3 is 0 Å². The first kappa shape index (κ1) is 15.5. The summed E-state index contributed by atoms with van der Waals surface area (Å²) < 4.78 is 0. The van der Waals surface area contributed by atoms with Crippen molar-refractivity contribution in [3.05, 3.63) is 18.1 Å². The molecule has 1 atom stereocenters. The molecular weight excluding hydrogens is 304 g/mol. The Morgan fingerprint density at radius 1 is 1.29 bits per heavy atom. The lowest BCUT2D eigenvalue weighted by Crippen LogP contribution is -2.41. The molecule has 128 valence electrons. The second-order valence-corrected chi connectivity index (χ2v) is 6.89. The lowest BCUT2D eigenvalue weighted by Gasteiger charge is -2.34. The third kappa shape index (κ3) is 3.14. The molecule has 24 heavy (non-hydrogen) atoms. The van der Waals surface area contributed by atoms with Gasteiger partial charge in [0.15, 0.2) is 6.29 Å². The number of aldehydes is 1. The summed E-state index contributed by atoms with van der Waals surface area (Å²) in [5, 5.41) is 7.77. The SMILES string of the molecule is O=Cc1c[nH]c2ncnc(NC3CCN(CC4CCNC4)CC3)c12. The van der Waals surface area contributed by atoms with E-state index in [0.717, 1.165) is 49.3 Å². The van der Waals surface area contributed by atoms with Gasteiger partial charge in [0, 0.05) is 37.4 Å². The van der Waals surface area contributed by atoms with Crippen molar-refractivity contribution in [2.24, 2.45) is 5.92 Å². The monoisotopic (exact) mass is 328 g/mol.